The zero-order chi connectivity index (χ0) is 14.7. The van der Waals surface area contributed by atoms with Crippen LogP contribution in [0.2, 0.25) is 0 Å². The van der Waals surface area contributed by atoms with Gasteiger partial charge in [-0.2, -0.15) is 0 Å². The van der Waals surface area contributed by atoms with Crippen molar-refractivity contribution in [3.05, 3.63) is 58.7 Å². The molecule has 0 aromatic heterocycles. The van der Waals surface area contributed by atoms with E-state index in [0.29, 0.717) is 0 Å². The second-order valence-electron chi connectivity index (χ2n) is 4.78. The van der Waals surface area contributed by atoms with E-state index in [1.54, 1.807) is 14.2 Å². The molecule has 0 heterocycles. The molecule has 1 atom stereocenters. The molecule has 2 nitrogen and oxygen atoms in total. The quantitative estimate of drug-likeness (QED) is 0.747. The summed E-state index contributed by atoms with van der Waals surface area (Å²) < 4.78 is 10.7. The first-order chi connectivity index (χ1) is 9.58. The summed E-state index contributed by atoms with van der Waals surface area (Å²) in [5, 5.41) is 0. The number of aryl methyl sites for hydroxylation is 2. The lowest BCUT2D eigenvalue weighted by Gasteiger charge is -2.18. The van der Waals surface area contributed by atoms with Crippen LogP contribution in [-0.2, 0) is 0 Å². The van der Waals surface area contributed by atoms with Crippen molar-refractivity contribution in [3.8, 4) is 11.5 Å². The molecule has 106 valence electrons. The molecule has 0 fully saturated rings. The molecule has 2 aromatic carbocycles. The van der Waals surface area contributed by atoms with Gasteiger partial charge in [-0.25, -0.2) is 0 Å². The maximum atomic E-state index is 5.40. The van der Waals surface area contributed by atoms with Crippen LogP contribution in [0.25, 0.3) is 0 Å². The van der Waals surface area contributed by atoms with Gasteiger partial charge >= 0.3 is 0 Å². The molecular formula is C17H19BrO2. The minimum atomic E-state index is 0.142. The lowest BCUT2D eigenvalue weighted by molar-refractivity contribution is 0.354. The minimum Gasteiger partial charge on any atom is -0.493 e. The van der Waals surface area contributed by atoms with Crippen molar-refractivity contribution in [1.82, 2.24) is 0 Å². The number of alkyl halides is 1. The van der Waals surface area contributed by atoms with Crippen molar-refractivity contribution < 1.29 is 9.47 Å². The highest BCUT2D eigenvalue weighted by atomic mass is 79.9. The predicted molar refractivity (Wildman–Crippen MR) is 86.2 cm³/mol. The lowest BCUT2D eigenvalue weighted by atomic mass is 9.97. The summed E-state index contributed by atoms with van der Waals surface area (Å²) >= 11 is 3.81. The van der Waals surface area contributed by atoms with Crippen molar-refractivity contribution in [2.45, 2.75) is 18.7 Å². The third kappa shape index (κ3) is 2.83. The largest absolute Gasteiger partial charge is 0.493 e. The molecule has 2 aromatic rings. The summed E-state index contributed by atoms with van der Waals surface area (Å²) in [6.07, 6.45) is 0. The molecule has 0 radical (unpaired) electrons. The molecular weight excluding hydrogens is 316 g/mol. The van der Waals surface area contributed by atoms with E-state index >= 15 is 0 Å². The van der Waals surface area contributed by atoms with Gasteiger partial charge in [-0.1, -0.05) is 40.2 Å². The Morgan fingerprint density at radius 3 is 2.05 bits per heavy atom. The summed E-state index contributed by atoms with van der Waals surface area (Å²) in [5.41, 5.74) is 4.90. The van der Waals surface area contributed by atoms with Gasteiger partial charge in [-0.3, -0.25) is 0 Å². The molecule has 0 amide bonds. The third-order valence-corrected chi connectivity index (χ3v) is 4.49. The van der Waals surface area contributed by atoms with E-state index in [2.05, 4.69) is 54.0 Å². The molecule has 0 N–H and O–H groups in total. The van der Waals surface area contributed by atoms with Crippen molar-refractivity contribution in [2.75, 3.05) is 14.2 Å². The first-order valence-corrected chi connectivity index (χ1v) is 7.42. The van der Waals surface area contributed by atoms with Crippen LogP contribution in [0, 0.1) is 13.8 Å². The first kappa shape index (κ1) is 14.9. The molecule has 0 spiro atoms. The van der Waals surface area contributed by atoms with E-state index in [-0.39, 0.29) is 4.83 Å². The van der Waals surface area contributed by atoms with Crippen LogP contribution < -0.4 is 9.47 Å². The van der Waals surface area contributed by atoms with E-state index in [0.717, 1.165) is 11.5 Å². The third-order valence-electron chi connectivity index (χ3n) is 3.51. The SMILES string of the molecule is COc1cc(C)c(C(Br)c2ccccc2C)cc1OC. The Bertz CT molecular complexity index is 608. The molecule has 2 rings (SSSR count). The van der Waals surface area contributed by atoms with E-state index in [9.17, 15) is 0 Å². The normalized spacial score (nSPS) is 12.1. The van der Waals surface area contributed by atoms with Gasteiger partial charge in [0.25, 0.3) is 0 Å². The highest BCUT2D eigenvalue weighted by molar-refractivity contribution is 9.09. The van der Waals surface area contributed by atoms with E-state index in [1.165, 1.54) is 22.3 Å². The number of halogens is 1. The summed E-state index contributed by atoms with van der Waals surface area (Å²) in [4.78, 5) is 0.142. The fourth-order valence-corrected chi connectivity index (χ4v) is 3.32. The highest BCUT2D eigenvalue weighted by Crippen LogP contribution is 2.39. The number of hydrogen-bond acceptors (Lipinski definition) is 2. The Hall–Kier alpha value is -1.48. The Balaban J connectivity index is 2.50. The number of benzene rings is 2. The number of hydrogen-bond donors (Lipinski definition) is 0. The van der Waals surface area contributed by atoms with Crippen LogP contribution in [0.5, 0.6) is 11.5 Å². The van der Waals surface area contributed by atoms with Crippen molar-refractivity contribution in [3.63, 3.8) is 0 Å². The van der Waals surface area contributed by atoms with Gasteiger partial charge in [0, 0.05) is 0 Å². The predicted octanol–water partition coefficient (Wildman–Crippen LogP) is 4.80. The van der Waals surface area contributed by atoms with Gasteiger partial charge in [0.1, 0.15) is 0 Å². The molecule has 0 saturated carbocycles. The van der Waals surface area contributed by atoms with Gasteiger partial charge in [-0.05, 0) is 48.2 Å². The Labute approximate surface area is 128 Å². The van der Waals surface area contributed by atoms with Crippen LogP contribution in [0.1, 0.15) is 27.1 Å². The molecule has 1 unspecified atom stereocenters. The Morgan fingerprint density at radius 2 is 1.45 bits per heavy atom. The molecule has 3 heteroatoms. The molecule has 0 saturated heterocycles. The maximum absolute atomic E-state index is 5.40. The average molecular weight is 335 g/mol. The smallest absolute Gasteiger partial charge is 0.161 e. The number of rotatable bonds is 4. The summed E-state index contributed by atoms with van der Waals surface area (Å²) in [6.45, 7) is 4.21. The second-order valence-corrected chi connectivity index (χ2v) is 5.70. The summed E-state index contributed by atoms with van der Waals surface area (Å²) in [6, 6.07) is 12.4. The monoisotopic (exact) mass is 334 g/mol. The van der Waals surface area contributed by atoms with Crippen LogP contribution in [-0.4, -0.2) is 14.2 Å². The second kappa shape index (κ2) is 6.31. The minimum absolute atomic E-state index is 0.142. The van der Waals surface area contributed by atoms with Crippen LogP contribution in [0.4, 0.5) is 0 Å². The van der Waals surface area contributed by atoms with E-state index < -0.39 is 0 Å². The van der Waals surface area contributed by atoms with Gasteiger partial charge in [0.2, 0.25) is 0 Å². The molecule has 0 aliphatic rings. The van der Waals surface area contributed by atoms with Crippen LogP contribution >= 0.6 is 15.9 Å². The topological polar surface area (TPSA) is 18.5 Å². The Kier molecular flexibility index (Phi) is 4.71. The van der Waals surface area contributed by atoms with Gasteiger partial charge in [-0.15, -0.1) is 0 Å². The lowest BCUT2D eigenvalue weighted by Crippen LogP contribution is -2.00. The van der Waals surface area contributed by atoms with Crippen molar-refractivity contribution in [1.29, 1.82) is 0 Å². The Morgan fingerprint density at radius 1 is 0.850 bits per heavy atom. The zero-order valence-corrected chi connectivity index (χ0v) is 13.8. The van der Waals surface area contributed by atoms with Crippen molar-refractivity contribution in [2.24, 2.45) is 0 Å². The van der Waals surface area contributed by atoms with Crippen LogP contribution in [0.3, 0.4) is 0 Å². The average Bonchev–Trinajstić information content (AvgIpc) is 2.46. The van der Waals surface area contributed by atoms with Crippen LogP contribution in [0.15, 0.2) is 36.4 Å². The highest BCUT2D eigenvalue weighted by Gasteiger charge is 2.17. The van der Waals surface area contributed by atoms with Gasteiger partial charge in [0.15, 0.2) is 11.5 Å². The zero-order valence-electron chi connectivity index (χ0n) is 12.2. The van der Waals surface area contributed by atoms with Gasteiger partial charge < -0.3 is 9.47 Å². The summed E-state index contributed by atoms with van der Waals surface area (Å²) in [5.74, 6) is 1.52. The standard InChI is InChI=1S/C17H19BrO2/c1-11-7-5-6-8-13(11)17(18)14-10-16(20-4)15(19-3)9-12(14)2/h5-10,17H,1-4H3. The van der Waals surface area contributed by atoms with Crippen molar-refractivity contribution >= 4 is 15.9 Å². The molecule has 0 aliphatic heterocycles. The van der Waals surface area contributed by atoms with E-state index in [4.69, 9.17) is 9.47 Å². The first-order valence-electron chi connectivity index (χ1n) is 6.50. The molecule has 0 bridgehead atoms. The molecule has 0 aliphatic carbocycles. The summed E-state index contributed by atoms with van der Waals surface area (Å²) in [7, 11) is 3.32. The number of ether oxygens (including phenoxy) is 2. The van der Waals surface area contributed by atoms with Gasteiger partial charge in [0.05, 0.1) is 19.0 Å². The maximum Gasteiger partial charge on any atom is 0.161 e. The molecule has 20 heavy (non-hydrogen) atoms. The number of methoxy groups -OCH3 is 2. The van der Waals surface area contributed by atoms with E-state index in [1.807, 2.05) is 12.1 Å². The fourth-order valence-electron chi connectivity index (χ4n) is 2.31. The fraction of sp³-hybridized carbons (Fsp3) is 0.294.